The predicted octanol–water partition coefficient (Wildman–Crippen LogP) is 2.84. The van der Waals surface area contributed by atoms with Gasteiger partial charge in [-0.25, -0.2) is 0 Å². The maximum Gasteiger partial charge on any atom is 0.0700 e. The predicted molar refractivity (Wildman–Crippen MR) is 73.5 cm³/mol. The number of hydrogen-bond acceptors (Lipinski definition) is 3. The first-order chi connectivity index (χ1) is 8.02. The second-order valence-corrected chi connectivity index (χ2v) is 5.54. The van der Waals surface area contributed by atoms with Crippen molar-refractivity contribution in [3.05, 3.63) is 0 Å². The molecule has 0 aromatic carbocycles. The van der Waals surface area contributed by atoms with Gasteiger partial charge in [0, 0.05) is 19.8 Å². The third-order valence-corrected chi connectivity index (χ3v) is 2.99. The molecule has 0 saturated heterocycles. The fourth-order valence-electron chi connectivity index (χ4n) is 2.25. The number of methoxy groups -OCH3 is 1. The lowest BCUT2D eigenvalue weighted by molar-refractivity contribution is 0.0641. The standard InChI is InChI=1S/C14H31NO2/c1-6-15-13(2)12-14(3,4)8-7-9-17-11-10-16-5/h13,15H,6-12H2,1-5H3. The zero-order valence-electron chi connectivity index (χ0n) is 12.3. The fraction of sp³-hybridized carbons (Fsp3) is 1.00. The van der Waals surface area contributed by atoms with E-state index in [2.05, 4.69) is 33.0 Å². The molecule has 17 heavy (non-hydrogen) atoms. The van der Waals surface area contributed by atoms with Gasteiger partial charge >= 0.3 is 0 Å². The van der Waals surface area contributed by atoms with Gasteiger partial charge in [-0.05, 0) is 38.1 Å². The van der Waals surface area contributed by atoms with Gasteiger partial charge in [-0.2, -0.15) is 0 Å². The normalized spacial score (nSPS) is 13.9. The summed E-state index contributed by atoms with van der Waals surface area (Å²) in [5.74, 6) is 0. The van der Waals surface area contributed by atoms with Crippen molar-refractivity contribution in [3.63, 3.8) is 0 Å². The van der Waals surface area contributed by atoms with E-state index in [-0.39, 0.29) is 0 Å². The smallest absolute Gasteiger partial charge is 0.0700 e. The highest BCUT2D eigenvalue weighted by Crippen LogP contribution is 2.28. The molecule has 0 amide bonds. The molecule has 0 bridgehead atoms. The Hall–Kier alpha value is -0.120. The summed E-state index contributed by atoms with van der Waals surface area (Å²) in [5.41, 5.74) is 0.395. The van der Waals surface area contributed by atoms with Crippen LogP contribution in [0.5, 0.6) is 0 Å². The molecule has 0 heterocycles. The van der Waals surface area contributed by atoms with Crippen molar-refractivity contribution in [2.24, 2.45) is 5.41 Å². The molecule has 1 atom stereocenters. The summed E-state index contributed by atoms with van der Waals surface area (Å²) in [7, 11) is 1.70. The van der Waals surface area contributed by atoms with Gasteiger partial charge in [-0.3, -0.25) is 0 Å². The molecule has 104 valence electrons. The minimum atomic E-state index is 0.395. The van der Waals surface area contributed by atoms with Crippen molar-refractivity contribution in [1.82, 2.24) is 5.32 Å². The molecule has 1 N–H and O–H groups in total. The number of rotatable bonds is 11. The van der Waals surface area contributed by atoms with Crippen molar-refractivity contribution >= 4 is 0 Å². The summed E-state index contributed by atoms with van der Waals surface area (Å²) < 4.78 is 10.4. The van der Waals surface area contributed by atoms with Gasteiger partial charge in [-0.15, -0.1) is 0 Å². The monoisotopic (exact) mass is 245 g/mol. The average Bonchev–Trinajstić information content (AvgIpc) is 2.22. The third-order valence-electron chi connectivity index (χ3n) is 2.99. The Morgan fingerprint density at radius 3 is 2.47 bits per heavy atom. The quantitative estimate of drug-likeness (QED) is 0.568. The van der Waals surface area contributed by atoms with E-state index in [1.54, 1.807) is 7.11 Å². The van der Waals surface area contributed by atoms with Crippen LogP contribution in [0, 0.1) is 5.41 Å². The minimum absolute atomic E-state index is 0.395. The molecule has 0 radical (unpaired) electrons. The van der Waals surface area contributed by atoms with Crippen molar-refractivity contribution < 1.29 is 9.47 Å². The van der Waals surface area contributed by atoms with Gasteiger partial charge in [0.05, 0.1) is 13.2 Å². The summed E-state index contributed by atoms with van der Waals surface area (Å²) in [5, 5.41) is 3.47. The molecule has 0 aliphatic heterocycles. The Labute approximate surface area is 107 Å². The second kappa shape index (κ2) is 9.86. The van der Waals surface area contributed by atoms with E-state index >= 15 is 0 Å². The van der Waals surface area contributed by atoms with Crippen molar-refractivity contribution in [2.45, 2.75) is 53.0 Å². The Bertz CT molecular complexity index is 172. The van der Waals surface area contributed by atoms with Crippen molar-refractivity contribution in [2.75, 3.05) is 33.5 Å². The van der Waals surface area contributed by atoms with Crippen LogP contribution in [0.2, 0.25) is 0 Å². The molecule has 0 aliphatic carbocycles. The maximum atomic E-state index is 5.48. The SMILES string of the molecule is CCNC(C)CC(C)(C)CCCOCCOC. The first-order valence-electron chi connectivity index (χ1n) is 6.82. The summed E-state index contributed by atoms with van der Waals surface area (Å²) in [6.45, 7) is 12.4. The summed E-state index contributed by atoms with van der Waals surface area (Å²) >= 11 is 0. The molecule has 3 nitrogen and oxygen atoms in total. The van der Waals surface area contributed by atoms with Gasteiger partial charge in [-0.1, -0.05) is 20.8 Å². The topological polar surface area (TPSA) is 30.5 Å². The Morgan fingerprint density at radius 2 is 1.88 bits per heavy atom. The highest BCUT2D eigenvalue weighted by molar-refractivity contribution is 4.74. The summed E-state index contributed by atoms with van der Waals surface area (Å²) in [6, 6.07) is 0.601. The third kappa shape index (κ3) is 10.7. The molecule has 3 heteroatoms. The summed E-state index contributed by atoms with van der Waals surface area (Å²) in [6.07, 6.45) is 3.57. The molecular weight excluding hydrogens is 214 g/mol. The van der Waals surface area contributed by atoms with Crippen LogP contribution in [0.1, 0.15) is 47.0 Å². The Kier molecular flexibility index (Phi) is 9.79. The highest BCUT2D eigenvalue weighted by atomic mass is 16.5. The van der Waals surface area contributed by atoms with E-state index in [0.29, 0.717) is 24.7 Å². The van der Waals surface area contributed by atoms with Crippen molar-refractivity contribution in [3.8, 4) is 0 Å². The molecule has 0 aliphatic rings. The molecule has 0 saturated carbocycles. The molecule has 1 unspecified atom stereocenters. The van der Waals surface area contributed by atoms with Crippen LogP contribution >= 0.6 is 0 Å². The molecule has 0 fully saturated rings. The van der Waals surface area contributed by atoms with E-state index < -0.39 is 0 Å². The Balaban J connectivity index is 3.56. The van der Waals surface area contributed by atoms with Crippen LogP contribution in [0.4, 0.5) is 0 Å². The minimum Gasteiger partial charge on any atom is -0.382 e. The van der Waals surface area contributed by atoms with Gasteiger partial charge in [0.2, 0.25) is 0 Å². The summed E-state index contributed by atoms with van der Waals surface area (Å²) in [4.78, 5) is 0. The van der Waals surface area contributed by atoms with E-state index in [1.807, 2.05) is 0 Å². The molecule has 0 aromatic rings. The Morgan fingerprint density at radius 1 is 1.18 bits per heavy atom. The number of ether oxygens (including phenoxy) is 2. The lowest BCUT2D eigenvalue weighted by Crippen LogP contribution is -2.31. The van der Waals surface area contributed by atoms with Gasteiger partial charge in [0.1, 0.15) is 0 Å². The van der Waals surface area contributed by atoms with Crippen molar-refractivity contribution in [1.29, 1.82) is 0 Å². The van der Waals surface area contributed by atoms with Crippen LogP contribution in [-0.2, 0) is 9.47 Å². The van der Waals surface area contributed by atoms with Crippen LogP contribution < -0.4 is 5.32 Å². The highest BCUT2D eigenvalue weighted by Gasteiger charge is 2.20. The lowest BCUT2D eigenvalue weighted by atomic mass is 9.82. The first kappa shape index (κ1) is 16.9. The zero-order chi connectivity index (χ0) is 13.1. The first-order valence-corrected chi connectivity index (χ1v) is 6.82. The van der Waals surface area contributed by atoms with Gasteiger partial charge < -0.3 is 14.8 Å². The number of nitrogens with one attached hydrogen (secondary N) is 1. The number of hydrogen-bond donors (Lipinski definition) is 1. The van der Waals surface area contributed by atoms with E-state index in [9.17, 15) is 0 Å². The average molecular weight is 245 g/mol. The van der Waals surface area contributed by atoms with Crippen LogP contribution in [0.15, 0.2) is 0 Å². The van der Waals surface area contributed by atoms with Crippen LogP contribution in [-0.4, -0.2) is 39.5 Å². The van der Waals surface area contributed by atoms with Gasteiger partial charge in [0.15, 0.2) is 0 Å². The van der Waals surface area contributed by atoms with E-state index in [1.165, 1.54) is 12.8 Å². The van der Waals surface area contributed by atoms with E-state index in [4.69, 9.17) is 9.47 Å². The van der Waals surface area contributed by atoms with Crippen LogP contribution in [0.25, 0.3) is 0 Å². The molecule has 0 aromatic heterocycles. The second-order valence-electron chi connectivity index (χ2n) is 5.54. The molecule has 0 rings (SSSR count). The fourth-order valence-corrected chi connectivity index (χ4v) is 2.25. The largest absolute Gasteiger partial charge is 0.382 e. The molecular formula is C14H31NO2. The lowest BCUT2D eigenvalue weighted by Gasteiger charge is -2.28. The van der Waals surface area contributed by atoms with Gasteiger partial charge in [0.25, 0.3) is 0 Å². The van der Waals surface area contributed by atoms with Crippen LogP contribution in [0.3, 0.4) is 0 Å². The van der Waals surface area contributed by atoms with E-state index in [0.717, 1.165) is 19.6 Å². The maximum absolute atomic E-state index is 5.48. The molecule has 0 spiro atoms. The zero-order valence-corrected chi connectivity index (χ0v) is 12.3.